The van der Waals surface area contributed by atoms with Crippen molar-refractivity contribution in [2.75, 3.05) is 19.6 Å². The molecule has 0 N–H and O–H groups in total. The lowest BCUT2D eigenvalue weighted by Crippen LogP contribution is -2.46. The number of hydrogen-bond acceptors (Lipinski definition) is 2. The first-order valence-electron chi connectivity index (χ1n) is 9.31. The van der Waals surface area contributed by atoms with Crippen LogP contribution in [0.4, 0.5) is 0 Å². The molecule has 20 heavy (non-hydrogen) atoms. The van der Waals surface area contributed by atoms with Crippen LogP contribution in [0.1, 0.15) is 64.7 Å². The Morgan fingerprint density at radius 1 is 1.05 bits per heavy atom. The molecule has 2 nitrogen and oxygen atoms in total. The molecule has 2 bridgehead atoms. The summed E-state index contributed by atoms with van der Waals surface area (Å²) in [7, 11) is 0. The molecule has 4 rings (SSSR count). The first-order chi connectivity index (χ1) is 9.81. The van der Waals surface area contributed by atoms with Crippen LogP contribution in [0.15, 0.2) is 0 Å². The summed E-state index contributed by atoms with van der Waals surface area (Å²) in [6.45, 7) is 6.67. The van der Waals surface area contributed by atoms with Crippen molar-refractivity contribution in [2.45, 2.75) is 82.8 Å². The molecule has 2 aliphatic heterocycles. The van der Waals surface area contributed by atoms with Crippen LogP contribution in [0.25, 0.3) is 0 Å². The fourth-order valence-electron chi connectivity index (χ4n) is 5.86. The van der Waals surface area contributed by atoms with Gasteiger partial charge in [0.05, 0.1) is 0 Å². The normalized spacial score (nSPS) is 43.0. The zero-order chi connectivity index (χ0) is 13.5. The van der Waals surface area contributed by atoms with Gasteiger partial charge in [-0.05, 0) is 83.2 Å². The van der Waals surface area contributed by atoms with Gasteiger partial charge in [-0.3, -0.25) is 4.90 Å². The average Bonchev–Trinajstić information content (AvgIpc) is 3.19. The van der Waals surface area contributed by atoms with E-state index in [2.05, 4.69) is 16.7 Å². The second kappa shape index (κ2) is 5.61. The summed E-state index contributed by atoms with van der Waals surface area (Å²) >= 11 is 0. The summed E-state index contributed by atoms with van der Waals surface area (Å²) < 4.78 is 0. The van der Waals surface area contributed by atoms with Gasteiger partial charge in [0.2, 0.25) is 0 Å². The van der Waals surface area contributed by atoms with Crippen molar-refractivity contribution < 1.29 is 0 Å². The Kier molecular flexibility index (Phi) is 3.80. The quantitative estimate of drug-likeness (QED) is 0.775. The van der Waals surface area contributed by atoms with Crippen LogP contribution >= 0.6 is 0 Å². The zero-order valence-corrected chi connectivity index (χ0v) is 13.3. The molecule has 0 amide bonds. The fourth-order valence-corrected chi connectivity index (χ4v) is 5.86. The van der Waals surface area contributed by atoms with Gasteiger partial charge in [-0.2, -0.15) is 0 Å². The number of rotatable bonds is 4. The van der Waals surface area contributed by atoms with Crippen LogP contribution in [0, 0.1) is 11.8 Å². The van der Waals surface area contributed by atoms with E-state index in [-0.39, 0.29) is 0 Å². The third-order valence-electron chi connectivity index (χ3n) is 6.96. The van der Waals surface area contributed by atoms with E-state index in [1.165, 1.54) is 77.4 Å². The van der Waals surface area contributed by atoms with Gasteiger partial charge in [-0.15, -0.1) is 0 Å². The summed E-state index contributed by atoms with van der Waals surface area (Å²) in [5.74, 6) is 2.11. The Labute approximate surface area is 124 Å². The number of piperidine rings is 2. The highest BCUT2D eigenvalue weighted by atomic mass is 15.2. The maximum absolute atomic E-state index is 2.87. The van der Waals surface area contributed by atoms with Crippen molar-refractivity contribution in [1.29, 1.82) is 0 Å². The van der Waals surface area contributed by atoms with E-state index in [9.17, 15) is 0 Å². The summed E-state index contributed by atoms with van der Waals surface area (Å²) in [5, 5.41) is 0. The van der Waals surface area contributed by atoms with E-state index in [0.717, 1.165) is 30.0 Å². The molecule has 2 saturated carbocycles. The summed E-state index contributed by atoms with van der Waals surface area (Å²) in [5.41, 5.74) is 0. The Hall–Kier alpha value is -0.0800. The molecule has 0 aromatic rings. The smallest absolute Gasteiger partial charge is 0.0123 e. The molecule has 2 heterocycles. The van der Waals surface area contributed by atoms with Crippen molar-refractivity contribution >= 4 is 0 Å². The SMILES string of the molecule is CC(CCN1CCCC2CCCC21)N1CC2CCC1C2. The lowest BCUT2D eigenvalue weighted by Gasteiger charge is -2.40. The van der Waals surface area contributed by atoms with Crippen LogP contribution in [0.3, 0.4) is 0 Å². The molecule has 0 spiro atoms. The summed E-state index contributed by atoms with van der Waals surface area (Å²) in [6, 6.07) is 2.74. The highest BCUT2D eigenvalue weighted by Crippen LogP contribution is 2.40. The molecule has 2 aliphatic carbocycles. The molecule has 4 fully saturated rings. The lowest BCUT2D eigenvalue weighted by atomic mass is 9.91. The van der Waals surface area contributed by atoms with Crippen molar-refractivity contribution in [1.82, 2.24) is 9.80 Å². The molecule has 0 aromatic heterocycles. The minimum Gasteiger partial charge on any atom is -0.300 e. The van der Waals surface area contributed by atoms with E-state index in [1.807, 2.05) is 0 Å². The second-order valence-electron chi connectivity index (χ2n) is 8.10. The molecule has 2 heteroatoms. The molecular weight excluding hydrogens is 244 g/mol. The van der Waals surface area contributed by atoms with Crippen LogP contribution in [-0.2, 0) is 0 Å². The highest BCUT2D eigenvalue weighted by molar-refractivity contribution is 4.95. The Morgan fingerprint density at radius 3 is 2.75 bits per heavy atom. The van der Waals surface area contributed by atoms with E-state index in [1.54, 1.807) is 0 Å². The van der Waals surface area contributed by atoms with Crippen molar-refractivity contribution in [3.8, 4) is 0 Å². The van der Waals surface area contributed by atoms with Crippen molar-refractivity contribution in [3.05, 3.63) is 0 Å². The molecule has 2 saturated heterocycles. The topological polar surface area (TPSA) is 6.48 Å². The highest BCUT2D eigenvalue weighted by Gasteiger charge is 2.40. The van der Waals surface area contributed by atoms with Crippen molar-refractivity contribution in [2.24, 2.45) is 11.8 Å². The molecule has 0 radical (unpaired) electrons. The maximum atomic E-state index is 2.87. The third-order valence-corrected chi connectivity index (χ3v) is 6.96. The van der Waals surface area contributed by atoms with Crippen LogP contribution in [-0.4, -0.2) is 47.6 Å². The minimum atomic E-state index is 0.826. The summed E-state index contributed by atoms with van der Waals surface area (Å²) in [4.78, 5) is 5.72. The van der Waals surface area contributed by atoms with Gasteiger partial charge in [-0.1, -0.05) is 6.42 Å². The van der Waals surface area contributed by atoms with Gasteiger partial charge in [0, 0.05) is 24.7 Å². The van der Waals surface area contributed by atoms with E-state index in [0.29, 0.717) is 0 Å². The lowest BCUT2D eigenvalue weighted by molar-refractivity contribution is 0.0884. The van der Waals surface area contributed by atoms with Gasteiger partial charge in [0.1, 0.15) is 0 Å². The van der Waals surface area contributed by atoms with Gasteiger partial charge < -0.3 is 4.90 Å². The van der Waals surface area contributed by atoms with Crippen LogP contribution < -0.4 is 0 Å². The van der Waals surface area contributed by atoms with Gasteiger partial charge >= 0.3 is 0 Å². The molecule has 0 aromatic carbocycles. The summed E-state index contributed by atoms with van der Waals surface area (Å²) in [6.07, 6.45) is 13.4. The predicted molar refractivity (Wildman–Crippen MR) is 83.9 cm³/mol. The number of nitrogens with zero attached hydrogens (tertiary/aromatic N) is 2. The molecule has 114 valence electrons. The zero-order valence-electron chi connectivity index (χ0n) is 13.3. The van der Waals surface area contributed by atoms with Gasteiger partial charge in [-0.25, -0.2) is 0 Å². The number of likely N-dealkylation sites (tertiary alicyclic amines) is 2. The largest absolute Gasteiger partial charge is 0.300 e. The van der Waals surface area contributed by atoms with E-state index in [4.69, 9.17) is 0 Å². The van der Waals surface area contributed by atoms with E-state index < -0.39 is 0 Å². The van der Waals surface area contributed by atoms with Crippen molar-refractivity contribution in [3.63, 3.8) is 0 Å². The van der Waals surface area contributed by atoms with Gasteiger partial charge in [0.15, 0.2) is 0 Å². The Balaban J connectivity index is 1.29. The molecular formula is C18H32N2. The molecule has 5 atom stereocenters. The van der Waals surface area contributed by atoms with Crippen LogP contribution in [0.2, 0.25) is 0 Å². The Bertz CT molecular complexity index is 342. The standard InChI is InChI=1S/C18H32N2/c1-14(20-13-15-7-8-17(20)12-15)9-11-19-10-3-5-16-4-2-6-18(16)19/h14-18H,2-13H2,1H3. The monoisotopic (exact) mass is 276 g/mol. The first-order valence-corrected chi connectivity index (χ1v) is 9.31. The van der Waals surface area contributed by atoms with Crippen LogP contribution in [0.5, 0.6) is 0 Å². The molecule has 5 unspecified atom stereocenters. The molecule has 4 aliphatic rings. The number of fused-ring (bicyclic) bond motifs is 3. The minimum absolute atomic E-state index is 0.826. The second-order valence-corrected chi connectivity index (χ2v) is 8.10. The third kappa shape index (κ3) is 2.43. The average molecular weight is 276 g/mol. The predicted octanol–water partition coefficient (Wildman–Crippen LogP) is 3.51. The fraction of sp³-hybridized carbons (Fsp3) is 1.00. The maximum Gasteiger partial charge on any atom is 0.0123 e. The van der Waals surface area contributed by atoms with Gasteiger partial charge in [0.25, 0.3) is 0 Å². The van der Waals surface area contributed by atoms with E-state index >= 15 is 0 Å². The number of hydrogen-bond donors (Lipinski definition) is 0. The Morgan fingerprint density at radius 2 is 1.95 bits per heavy atom. The first kappa shape index (κ1) is 13.6.